The van der Waals surface area contributed by atoms with Crippen molar-refractivity contribution in [1.82, 2.24) is 19.6 Å². The number of hydrogen-bond acceptors (Lipinski definition) is 12. The van der Waals surface area contributed by atoms with E-state index in [9.17, 15) is 34.8 Å². The molecule has 1 rings (SSSR count). The summed E-state index contributed by atoms with van der Waals surface area (Å²) in [7, 11) is 0. The van der Waals surface area contributed by atoms with Gasteiger partial charge in [0.15, 0.2) is 0 Å². The van der Waals surface area contributed by atoms with Crippen molar-refractivity contribution in [1.29, 1.82) is 0 Å². The van der Waals surface area contributed by atoms with Crippen LogP contribution in [-0.4, -0.2) is 140 Å². The van der Waals surface area contributed by atoms with Gasteiger partial charge in [0.1, 0.15) is 6.61 Å². The second-order valence-corrected chi connectivity index (χ2v) is 7.62. The number of aliphatic hydroxyl groups excluding tert-OH is 1. The summed E-state index contributed by atoms with van der Waals surface area (Å²) in [6, 6.07) is 0. The molecule has 1 radical (unpaired) electrons. The average molecular weight is 613 g/mol. The summed E-state index contributed by atoms with van der Waals surface area (Å²) in [5.41, 5.74) is 0. The molecule has 1 unspecified atom stereocenters. The number of aliphatic hydroxyl groups is 1. The third-order valence-electron chi connectivity index (χ3n) is 4.95. The third kappa shape index (κ3) is 16.3. The molecule has 0 spiro atoms. The maximum absolute atomic E-state index is 11.1. The van der Waals surface area contributed by atoms with Crippen LogP contribution >= 0.6 is 0 Å². The fraction of sp³-hybridized carbons (Fsp3) is 0.750. The molecule has 1 aliphatic heterocycles. The van der Waals surface area contributed by atoms with Crippen molar-refractivity contribution >= 4 is 17.9 Å². The molecule has 0 aromatic carbocycles. The molecule has 0 aliphatic carbocycles. The van der Waals surface area contributed by atoms with Crippen LogP contribution in [0.25, 0.3) is 0 Å². The molecule has 1 fully saturated rings. The zero-order chi connectivity index (χ0) is 23.9. The summed E-state index contributed by atoms with van der Waals surface area (Å²) in [5, 5.41) is 43.5. The number of hydrogen-bond donors (Lipinski definition) is 1. The van der Waals surface area contributed by atoms with Gasteiger partial charge in [-0.1, -0.05) is 5.92 Å². The molecule has 0 bridgehead atoms. The van der Waals surface area contributed by atoms with Gasteiger partial charge in [0.2, 0.25) is 0 Å². The van der Waals surface area contributed by atoms with Crippen molar-refractivity contribution < 1.29 is 79.5 Å². The number of carbonyl (C=O) groups excluding carboxylic acids is 3. The van der Waals surface area contributed by atoms with E-state index in [0.29, 0.717) is 26.2 Å². The second-order valence-electron chi connectivity index (χ2n) is 7.62. The zero-order valence-corrected chi connectivity index (χ0v) is 20.8. The SMILES string of the molecule is C#CCOCC(O)CN1CCN(CC(=O)[O-])CCN(CC(=O)[O-])CCN(CC(=O)[O-])CC1.[Gd+3]. The van der Waals surface area contributed by atoms with Crippen molar-refractivity contribution in [2.45, 2.75) is 6.10 Å². The molecule has 1 aliphatic rings. The number of terminal acetylenes is 1. The molecule has 0 aromatic rings. The van der Waals surface area contributed by atoms with Gasteiger partial charge in [-0.15, -0.1) is 6.42 Å². The summed E-state index contributed by atoms with van der Waals surface area (Å²) in [6.07, 6.45) is 4.29. The van der Waals surface area contributed by atoms with Gasteiger partial charge >= 0.3 is 39.9 Å². The molecule has 0 amide bonds. The maximum Gasteiger partial charge on any atom is 3.00 e. The molecule has 1 saturated heterocycles. The van der Waals surface area contributed by atoms with Crippen molar-refractivity contribution in [3.05, 3.63) is 0 Å². The minimum atomic E-state index is -1.28. The largest absolute Gasteiger partial charge is 3.00 e. The van der Waals surface area contributed by atoms with E-state index in [1.807, 2.05) is 4.90 Å². The molecule has 12 nitrogen and oxygen atoms in total. The first-order chi connectivity index (χ1) is 15.2. The summed E-state index contributed by atoms with van der Waals surface area (Å²) < 4.78 is 5.15. The topological polar surface area (TPSA) is 163 Å². The van der Waals surface area contributed by atoms with E-state index in [-0.39, 0.29) is 106 Å². The van der Waals surface area contributed by atoms with Gasteiger partial charge in [0.25, 0.3) is 0 Å². The second kappa shape index (κ2) is 18.4. The summed E-state index contributed by atoms with van der Waals surface area (Å²) in [6.45, 7) is 1.79. The zero-order valence-electron chi connectivity index (χ0n) is 18.5. The Morgan fingerprint density at radius 3 is 1.42 bits per heavy atom. The number of nitrogens with zero attached hydrogens (tertiary/aromatic N) is 4. The number of aliphatic carboxylic acids is 3. The molecule has 13 heteroatoms. The molecule has 187 valence electrons. The minimum Gasteiger partial charge on any atom is -0.549 e. The Morgan fingerprint density at radius 1 is 0.788 bits per heavy atom. The van der Waals surface area contributed by atoms with E-state index in [2.05, 4.69) is 5.92 Å². The number of carbonyl (C=O) groups is 3. The first-order valence-corrected chi connectivity index (χ1v) is 10.4. The van der Waals surface area contributed by atoms with Gasteiger partial charge in [-0.3, -0.25) is 19.6 Å². The van der Waals surface area contributed by atoms with Gasteiger partial charge in [-0.2, -0.15) is 0 Å². The Hall–Kier alpha value is -0.945. The van der Waals surface area contributed by atoms with E-state index in [1.54, 1.807) is 14.7 Å². The van der Waals surface area contributed by atoms with Crippen LogP contribution in [0.15, 0.2) is 0 Å². The molecular formula is C20H31GdN4O8. The van der Waals surface area contributed by atoms with Crippen molar-refractivity contribution in [2.75, 3.05) is 91.8 Å². The van der Waals surface area contributed by atoms with Crippen LogP contribution in [-0.2, 0) is 19.1 Å². The summed E-state index contributed by atoms with van der Waals surface area (Å²) in [4.78, 5) is 40.0. The van der Waals surface area contributed by atoms with Gasteiger partial charge in [0.05, 0.1) is 30.6 Å². The smallest absolute Gasteiger partial charge is 0.549 e. The molecule has 0 saturated carbocycles. The molecule has 0 aromatic heterocycles. The molecule has 1 atom stereocenters. The average Bonchev–Trinajstić information content (AvgIpc) is 2.69. The number of carboxylic acids is 3. The van der Waals surface area contributed by atoms with Crippen LogP contribution in [0.1, 0.15) is 0 Å². The standard InChI is InChI=1S/C20H34N4O8.Gd/c1-2-11-32-16-17(25)12-21-3-5-22(13-18(26)27)7-9-24(15-20(30)31)10-8-23(6-4-21)14-19(28)29;/h1,17,25H,3-16H2,(H,26,27)(H,28,29)(H,30,31);/q;+3/p-3. The van der Waals surface area contributed by atoms with E-state index in [4.69, 9.17) is 11.2 Å². The fourth-order valence-electron chi connectivity index (χ4n) is 3.39. The van der Waals surface area contributed by atoms with Crippen molar-refractivity contribution in [3.63, 3.8) is 0 Å². The van der Waals surface area contributed by atoms with Gasteiger partial charge in [-0.25, -0.2) is 0 Å². The van der Waals surface area contributed by atoms with E-state index in [1.165, 1.54) is 0 Å². The number of carboxylic acid groups (broad SMARTS) is 3. The van der Waals surface area contributed by atoms with Crippen molar-refractivity contribution in [3.8, 4) is 12.3 Å². The predicted molar refractivity (Wildman–Crippen MR) is 106 cm³/mol. The van der Waals surface area contributed by atoms with Crippen LogP contribution in [0.5, 0.6) is 0 Å². The summed E-state index contributed by atoms with van der Waals surface area (Å²) in [5.74, 6) is -1.47. The van der Waals surface area contributed by atoms with E-state index < -0.39 is 24.0 Å². The van der Waals surface area contributed by atoms with Gasteiger partial charge < -0.3 is 39.5 Å². The number of β-amino-alcohol motifs (C(OH)–C–C–N with tert-alkyl or cyclic N) is 1. The van der Waals surface area contributed by atoms with Crippen LogP contribution < -0.4 is 15.3 Å². The maximum atomic E-state index is 11.1. The monoisotopic (exact) mass is 613 g/mol. The molecule has 1 N–H and O–H groups in total. The van der Waals surface area contributed by atoms with Crippen LogP contribution in [0.3, 0.4) is 0 Å². The fourth-order valence-corrected chi connectivity index (χ4v) is 3.39. The van der Waals surface area contributed by atoms with Gasteiger partial charge in [-0.05, 0) is 0 Å². The van der Waals surface area contributed by atoms with E-state index in [0.717, 1.165) is 0 Å². The Morgan fingerprint density at radius 2 is 1.12 bits per heavy atom. The first kappa shape index (κ1) is 32.1. The van der Waals surface area contributed by atoms with Crippen molar-refractivity contribution in [2.24, 2.45) is 0 Å². The van der Waals surface area contributed by atoms with Crippen LogP contribution in [0, 0.1) is 52.3 Å². The Kier molecular flexibility index (Phi) is 17.9. The number of ether oxygens (including phenoxy) is 1. The normalized spacial score (nSPS) is 18.8. The molecule has 1 heterocycles. The first-order valence-electron chi connectivity index (χ1n) is 10.4. The Balaban J connectivity index is 0.0000102. The summed E-state index contributed by atoms with van der Waals surface area (Å²) >= 11 is 0. The Labute approximate surface area is 226 Å². The third-order valence-corrected chi connectivity index (χ3v) is 4.95. The van der Waals surface area contributed by atoms with Crippen LogP contribution in [0.4, 0.5) is 0 Å². The Bertz CT molecular complexity index is 616. The molecule has 33 heavy (non-hydrogen) atoms. The number of rotatable bonds is 11. The van der Waals surface area contributed by atoms with Gasteiger partial charge in [0, 0.05) is 78.5 Å². The minimum absolute atomic E-state index is 0. The van der Waals surface area contributed by atoms with Crippen LogP contribution in [0.2, 0.25) is 0 Å². The predicted octanol–water partition coefficient (Wildman–Crippen LogP) is -6.53. The molecular weight excluding hydrogens is 581 g/mol. The van der Waals surface area contributed by atoms with E-state index >= 15 is 0 Å². The quantitative estimate of drug-likeness (QED) is 0.174.